The molecule has 0 saturated carbocycles. The molecule has 3 aromatic rings. The molecule has 0 aliphatic rings. The zero-order valence-corrected chi connectivity index (χ0v) is 18.0. The second-order valence-corrected chi connectivity index (χ2v) is 8.57. The van der Waals surface area contributed by atoms with Gasteiger partial charge in [-0.1, -0.05) is 49.9 Å². The number of thioether (sulfide) groups is 1. The van der Waals surface area contributed by atoms with E-state index in [2.05, 4.69) is 24.1 Å². The summed E-state index contributed by atoms with van der Waals surface area (Å²) in [7, 11) is 0. The summed E-state index contributed by atoms with van der Waals surface area (Å²) in [5.41, 5.74) is 0.489. The molecule has 3 rings (SSSR count). The summed E-state index contributed by atoms with van der Waals surface area (Å²) in [5, 5.41) is 3.81. The lowest BCUT2D eigenvalue weighted by Crippen LogP contribution is -2.26. The molecular weight excluding hydrogens is 401 g/mol. The first-order valence-corrected chi connectivity index (χ1v) is 11.1. The molecule has 5 nitrogen and oxygen atoms in total. The van der Waals surface area contributed by atoms with Crippen LogP contribution in [0.4, 0.5) is 4.39 Å². The van der Waals surface area contributed by atoms with Gasteiger partial charge in [0.15, 0.2) is 5.16 Å². The minimum Gasteiger partial charge on any atom is -0.356 e. The summed E-state index contributed by atoms with van der Waals surface area (Å²) in [6.45, 7) is 4.80. The van der Waals surface area contributed by atoms with Gasteiger partial charge in [0.2, 0.25) is 5.91 Å². The van der Waals surface area contributed by atoms with Gasteiger partial charge in [0.25, 0.3) is 5.56 Å². The number of rotatable bonds is 9. The fourth-order valence-corrected chi connectivity index (χ4v) is 4.02. The molecule has 0 fully saturated rings. The van der Waals surface area contributed by atoms with E-state index in [0.717, 1.165) is 12.8 Å². The normalized spacial score (nSPS) is 11.2. The lowest BCUT2D eigenvalue weighted by molar-refractivity contribution is -0.121. The number of halogens is 1. The average molecular weight is 428 g/mol. The predicted molar refractivity (Wildman–Crippen MR) is 120 cm³/mol. The Kier molecular flexibility index (Phi) is 7.63. The van der Waals surface area contributed by atoms with Crippen molar-refractivity contribution in [2.45, 2.75) is 38.3 Å². The van der Waals surface area contributed by atoms with E-state index in [9.17, 15) is 14.0 Å². The molecule has 0 aliphatic heterocycles. The molecule has 30 heavy (non-hydrogen) atoms. The zero-order chi connectivity index (χ0) is 21.5. The van der Waals surface area contributed by atoms with Crippen LogP contribution in [-0.2, 0) is 4.79 Å². The molecule has 0 atom stereocenters. The Bertz CT molecular complexity index is 1080. The van der Waals surface area contributed by atoms with Gasteiger partial charge in [0, 0.05) is 18.7 Å². The zero-order valence-electron chi connectivity index (χ0n) is 17.2. The fourth-order valence-electron chi connectivity index (χ4n) is 3.01. The van der Waals surface area contributed by atoms with Crippen molar-refractivity contribution < 1.29 is 9.18 Å². The number of unbranched alkanes of at least 4 members (excludes halogenated alkanes) is 1. The lowest BCUT2D eigenvalue weighted by atomic mass is 10.2. The molecule has 0 radical (unpaired) electrons. The molecule has 158 valence electrons. The monoisotopic (exact) mass is 427 g/mol. The van der Waals surface area contributed by atoms with Crippen molar-refractivity contribution in [2.24, 2.45) is 5.92 Å². The van der Waals surface area contributed by atoms with Crippen LogP contribution in [0.25, 0.3) is 16.6 Å². The molecule has 0 unspecified atom stereocenters. The molecule has 0 bridgehead atoms. The van der Waals surface area contributed by atoms with Crippen LogP contribution >= 0.6 is 11.8 Å². The fraction of sp³-hybridized carbons (Fsp3) is 0.348. The van der Waals surface area contributed by atoms with Crippen molar-refractivity contribution >= 4 is 28.6 Å². The number of hydrogen-bond donors (Lipinski definition) is 1. The quantitative estimate of drug-likeness (QED) is 0.309. The van der Waals surface area contributed by atoms with E-state index in [-0.39, 0.29) is 17.2 Å². The summed E-state index contributed by atoms with van der Waals surface area (Å²) in [6, 6.07) is 13.3. The third kappa shape index (κ3) is 5.48. The van der Waals surface area contributed by atoms with Crippen LogP contribution in [-0.4, -0.2) is 27.8 Å². The third-order valence-electron chi connectivity index (χ3n) is 4.58. The number of para-hydroxylation sites is 2. The largest absolute Gasteiger partial charge is 0.356 e. The molecule has 0 aliphatic carbocycles. The SMILES string of the molecule is CC(C)CNC(=O)CCCCSc1nc2ccccc2c(=O)n1-c1ccccc1F. The van der Waals surface area contributed by atoms with Gasteiger partial charge >= 0.3 is 0 Å². The molecule has 2 aromatic carbocycles. The van der Waals surface area contributed by atoms with E-state index < -0.39 is 5.82 Å². The second kappa shape index (κ2) is 10.4. The van der Waals surface area contributed by atoms with Crippen LogP contribution in [0.1, 0.15) is 33.1 Å². The van der Waals surface area contributed by atoms with Crippen LogP contribution < -0.4 is 10.9 Å². The maximum atomic E-state index is 14.5. The summed E-state index contributed by atoms with van der Waals surface area (Å²) in [4.78, 5) is 29.5. The van der Waals surface area contributed by atoms with Crippen molar-refractivity contribution in [3.63, 3.8) is 0 Å². The Morgan fingerprint density at radius 3 is 2.63 bits per heavy atom. The van der Waals surface area contributed by atoms with E-state index in [1.165, 1.54) is 22.4 Å². The Morgan fingerprint density at radius 2 is 1.87 bits per heavy atom. The second-order valence-electron chi connectivity index (χ2n) is 7.51. The lowest BCUT2D eigenvalue weighted by Gasteiger charge is -2.13. The number of carbonyl (C=O) groups excluding carboxylic acids is 1. The number of nitrogens with zero attached hydrogens (tertiary/aromatic N) is 2. The maximum Gasteiger partial charge on any atom is 0.266 e. The highest BCUT2D eigenvalue weighted by molar-refractivity contribution is 7.99. The van der Waals surface area contributed by atoms with Crippen molar-refractivity contribution in [3.8, 4) is 5.69 Å². The Balaban J connectivity index is 1.75. The molecule has 1 aromatic heterocycles. The topological polar surface area (TPSA) is 64.0 Å². The number of hydrogen-bond acceptors (Lipinski definition) is 4. The molecule has 7 heteroatoms. The van der Waals surface area contributed by atoms with Crippen LogP contribution in [0.5, 0.6) is 0 Å². The highest BCUT2D eigenvalue weighted by Gasteiger charge is 2.15. The van der Waals surface area contributed by atoms with E-state index in [1.807, 2.05) is 6.07 Å². The first-order chi connectivity index (χ1) is 14.5. The number of carbonyl (C=O) groups is 1. The predicted octanol–water partition coefficient (Wildman–Crippen LogP) is 4.56. The minimum atomic E-state index is -0.472. The van der Waals surface area contributed by atoms with Gasteiger partial charge in [-0.05, 0) is 43.0 Å². The molecule has 0 saturated heterocycles. The highest BCUT2D eigenvalue weighted by Crippen LogP contribution is 2.23. The molecule has 1 N–H and O–H groups in total. The van der Waals surface area contributed by atoms with Crippen LogP contribution in [0.15, 0.2) is 58.5 Å². The standard InChI is InChI=1S/C23H26FN3O2S/c1-16(2)15-25-21(28)13-7-8-14-30-23-26-19-11-5-3-9-17(19)22(29)27(23)20-12-6-4-10-18(20)24/h3-6,9-12,16H,7-8,13-15H2,1-2H3,(H,25,28). The molecule has 1 amide bonds. The third-order valence-corrected chi connectivity index (χ3v) is 5.60. The van der Waals surface area contributed by atoms with E-state index in [4.69, 9.17) is 0 Å². The first kappa shape index (κ1) is 22.0. The van der Waals surface area contributed by atoms with Crippen molar-refractivity contribution in [2.75, 3.05) is 12.3 Å². The van der Waals surface area contributed by atoms with E-state index >= 15 is 0 Å². The van der Waals surface area contributed by atoms with Crippen LogP contribution in [0.3, 0.4) is 0 Å². The van der Waals surface area contributed by atoms with Gasteiger partial charge in [-0.2, -0.15) is 0 Å². The van der Waals surface area contributed by atoms with Crippen LogP contribution in [0, 0.1) is 11.7 Å². The van der Waals surface area contributed by atoms with Gasteiger partial charge in [0.05, 0.1) is 16.6 Å². The van der Waals surface area contributed by atoms with Crippen molar-refractivity contribution in [1.29, 1.82) is 0 Å². The van der Waals surface area contributed by atoms with Gasteiger partial charge < -0.3 is 5.32 Å². The highest BCUT2D eigenvalue weighted by atomic mass is 32.2. The summed E-state index contributed by atoms with van der Waals surface area (Å²) in [5.74, 6) is 0.691. The average Bonchev–Trinajstić information content (AvgIpc) is 2.73. The van der Waals surface area contributed by atoms with E-state index in [1.54, 1.807) is 36.4 Å². The van der Waals surface area contributed by atoms with Gasteiger partial charge in [-0.25, -0.2) is 9.37 Å². The first-order valence-electron chi connectivity index (χ1n) is 10.1. The minimum absolute atomic E-state index is 0.0563. The van der Waals surface area contributed by atoms with Gasteiger partial charge in [-0.15, -0.1) is 0 Å². The molecular formula is C23H26FN3O2S. The summed E-state index contributed by atoms with van der Waals surface area (Å²) < 4.78 is 15.8. The summed E-state index contributed by atoms with van der Waals surface area (Å²) in [6.07, 6.45) is 2.01. The number of amides is 1. The van der Waals surface area contributed by atoms with Crippen molar-refractivity contribution in [3.05, 3.63) is 64.7 Å². The van der Waals surface area contributed by atoms with E-state index in [0.29, 0.717) is 40.7 Å². The van der Waals surface area contributed by atoms with Gasteiger partial charge in [0.1, 0.15) is 5.82 Å². The van der Waals surface area contributed by atoms with Gasteiger partial charge in [-0.3, -0.25) is 14.2 Å². The van der Waals surface area contributed by atoms with Crippen molar-refractivity contribution in [1.82, 2.24) is 14.9 Å². The number of nitrogens with one attached hydrogen (secondary N) is 1. The van der Waals surface area contributed by atoms with Crippen LogP contribution in [0.2, 0.25) is 0 Å². The number of benzene rings is 2. The number of aromatic nitrogens is 2. The Morgan fingerprint density at radius 1 is 1.13 bits per heavy atom. The smallest absolute Gasteiger partial charge is 0.266 e. The Labute approximate surface area is 179 Å². The number of fused-ring (bicyclic) bond motifs is 1. The molecule has 1 heterocycles. The Hall–Kier alpha value is -2.67. The maximum absolute atomic E-state index is 14.5. The molecule has 0 spiro atoms. The summed E-state index contributed by atoms with van der Waals surface area (Å²) >= 11 is 1.40.